The summed E-state index contributed by atoms with van der Waals surface area (Å²) >= 11 is 12.4. The maximum atomic E-state index is 6.32. The molecule has 3 rings (SSSR count). The zero-order chi connectivity index (χ0) is 13.8. The third-order valence-electron chi connectivity index (χ3n) is 3.16. The lowest BCUT2D eigenvalue weighted by Gasteiger charge is -2.33. The van der Waals surface area contributed by atoms with Crippen LogP contribution in [0.1, 0.15) is 0 Å². The highest BCUT2D eigenvalue weighted by molar-refractivity contribution is 8.43. The molecule has 0 spiro atoms. The summed E-state index contributed by atoms with van der Waals surface area (Å²) in [4.78, 5) is 0. The quantitative estimate of drug-likeness (QED) is 0.743. The zero-order valence-corrected chi connectivity index (χ0v) is 15.0. The first-order valence-corrected chi connectivity index (χ1v) is 12.5. The van der Waals surface area contributed by atoms with Gasteiger partial charge in [0.1, 0.15) is 0 Å². The average molecular weight is 355 g/mol. The van der Waals surface area contributed by atoms with Crippen molar-refractivity contribution in [2.24, 2.45) is 0 Å². The van der Waals surface area contributed by atoms with Gasteiger partial charge in [-0.2, -0.15) is 0 Å². The van der Waals surface area contributed by atoms with Gasteiger partial charge in [-0.15, -0.1) is 35.3 Å². The van der Waals surface area contributed by atoms with E-state index in [0.717, 1.165) is 10.2 Å². The summed E-state index contributed by atoms with van der Waals surface area (Å²) in [6, 6.07) is 19.7. The molecule has 0 unspecified atom stereocenters. The van der Waals surface area contributed by atoms with Crippen LogP contribution in [-0.4, -0.2) is 14.5 Å². The summed E-state index contributed by atoms with van der Waals surface area (Å²) in [5.74, 6) is 0. The van der Waals surface area contributed by atoms with E-state index in [4.69, 9.17) is 11.8 Å². The monoisotopic (exact) mass is 354 g/mol. The van der Waals surface area contributed by atoms with Gasteiger partial charge in [0, 0.05) is 16.2 Å². The second-order valence-corrected chi connectivity index (χ2v) is 13.9. The molecule has 1 fully saturated rings. The molecule has 1 aliphatic heterocycles. The van der Waals surface area contributed by atoms with Crippen molar-refractivity contribution in [1.29, 1.82) is 0 Å². The molecule has 0 aliphatic carbocycles. The van der Waals surface area contributed by atoms with Crippen LogP contribution in [-0.2, 0) is 11.8 Å². The highest BCUT2D eigenvalue weighted by Crippen LogP contribution is 2.60. The third-order valence-corrected chi connectivity index (χ3v) is 15.2. The second kappa shape index (κ2) is 6.93. The molecule has 0 aromatic heterocycles. The van der Waals surface area contributed by atoms with Crippen molar-refractivity contribution in [3.8, 4) is 0 Å². The van der Waals surface area contributed by atoms with Crippen LogP contribution in [0.15, 0.2) is 60.7 Å². The molecule has 0 atom stereocenters. The fourth-order valence-electron chi connectivity index (χ4n) is 2.20. The Kier molecular flexibility index (Phi) is 5.22. The van der Waals surface area contributed by atoms with Crippen LogP contribution in [0.25, 0.3) is 0 Å². The van der Waals surface area contributed by atoms with Gasteiger partial charge in [-0.1, -0.05) is 72.5 Å². The predicted molar refractivity (Wildman–Crippen MR) is 103 cm³/mol. The van der Waals surface area contributed by atoms with Crippen LogP contribution >= 0.6 is 41.3 Å². The summed E-state index contributed by atoms with van der Waals surface area (Å²) < 4.78 is 0.503. The van der Waals surface area contributed by atoms with E-state index in [0.29, 0.717) is 4.32 Å². The minimum atomic E-state index is -1.75. The molecule has 104 valence electrons. The summed E-state index contributed by atoms with van der Waals surface area (Å²) in [6.07, 6.45) is 0. The maximum absolute atomic E-state index is 6.32. The number of hydrogen-bond donors (Lipinski definition) is 0. The van der Waals surface area contributed by atoms with Crippen LogP contribution < -0.4 is 10.6 Å². The van der Waals surface area contributed by atoms with Crippen molar-refractivity contribution >= 4 is 63.7 Å². The van der Waals surface area contributed by atoms with E-state index < -0.39 is 6.04 Å². The van der Waals surface area contributed by atoms with E-state index in [2.05, 4.69) is 60.7 Å². The highest BCUT2D eigenvalue weighted by atomic mass is 32.5. The van der Waals surface area contributed by atoms with E-state index in [-0.39, 0.29) is 0 Å². The van der Waals surface area contributed by atoms with Crippen LogP contribution in [0.2, 0.25) is 0 Å². The lowest BCUT2D eigenvalue weighted by atomic mass is 10.4. The van der Waals surface area contributed by atoms with Gasteiger partial charge < -0.3 is 0 Å². The fraction of sp³-hybridized carbons (Fsp3) is 0.200. The topological polar surface area (TPSA) is 0 Å². The van der Waals surface area contributed by atoms with E-state index >= 15 is 0 Å². The fourth-order valence-corrected chi connectivity index (χ4v) is 14.2. The molecule has 20 heavy (non-hydrogen) atoms. The van der Waals surface area contributed by atoms with Crippen LogP contribution in [0.3, 0.4) is 0 Å². The van der Waals surface area contributed by atoms with Crippen molar-refractivity contribution < 1.29 is 0 Å². The number of rotatable bonds is 3. The molecule has 0 saturated carbocycles. The van der Waals surface area contributed by atoms with Gasteiger partial charge in [0.2, 0.25) is 0 Å². The first kappa shape index (κ1) is 15.1. The van der Waals surface area contributed by atoms with Crippen molar-refractivity contribution in [3.63, 3.8) is 0 Å². The molecule has 0 N–H and O–H groups in total. The Hall–Kier alpha value is 0.140. The Morgan fingerprint density at radius 3 is 1.70 bits per heavy atom. The van der Waals surface area contributed by atoms with E-state index in [1.165, 1.54) is 10.6 Å². The third kappa shape index (κ3) is 3.00. The van der Waals surface area contributed by atoms with Gasteiger partial charge in [0.05, 0.1) is 4.32 Å². The average Bonchev–Trinajstić information content (AvgIpc) is 2.56. The Morgan fingerprint density at radius 1 is 0.800 bits per heavy atom. The summed E-state index contributed by atoms with van der Waals surface area (Å²) in [5, 5.41) is 5.02. The molecule has 1 aliphatic rings. The van der Waals surface area contributed by atoms with Crippen LogP contribution in [0.4, 0.5) is 0 Å². The van der Waals surface area contributed by atoms with Crippen LogP contribution in [0, 0.1) is 0 Å². The Balaban J connectivity index is 2.10. The molecule has 1 saturated heterocycles. The number of hydrogen-bond acceptors (Lipinski definition) is 4. The number of thioether (sulfide) groups is 3. The standard InChI is InChI=1S/C15H15PS4/c17-16(13-7-3-1-4-8-13,14-9-5-2-6-10-14)15-19-11-18-12-20-15/h1-10,15H,11-12H2. The molecule has 0 nitrogen and oxygen atoms in total. The lowest BCUT2D eigenvalue weighted by Crippen LogP contribution is -2.23. The van der Waals surface area contributed by atoms with Gasteiger partial charge in [0.15, 0.2) is 0 Å². The molecule has 2 aromatic carbocycles. The van der Waals surface area contributed by atoms with Crippen molar-refractivity contribution in [3.05, 3.63) is 60.7 Å². The minimum absolute atomic E-state index is 0.503. The highest BCUT2D eigenvalue weighted by Gasteiger charge is 2.34. The first-order chi connectivity index (χ1) is 9.82. The molecule has 5 heteroatoms. The molecular formula is C15H15PS4. The van der Waals surface area contributed by atoms with Gasteiger partial charge in [-0.25, -0.2) is 0 Å². The van der Waals surface area contributed by atoms with Crippen LogP contribution in [0.5, 0.6) is 0 Å². The predicted octanol–water partition coefficient (Wildman–Crippen LogP) is 4.53. The Morgan fingerprint density at radius 2 is 1.25 bits per heavy atom. The molecule has 2 aromatic rings. The molecule has 0 bridgehead atoms. The molecule has 0 radical (unpaired) electrons. The van der Waals surface area contributed by atoms with Gasteiger partial charge in [-0.3, -0.25) is 0 Å². The van der Waals surface area contributed by atoms with Crippen molar-refractivity contribution in [2.75, 3.05) is 10.2 Å². The first-order valence-electron chi connectivity index (χ1n) is 6.34. The minimum Gasteiger partial charge on any atom is -0.140 e. The lowest BCUT2D eigenvalue weighted by molar-refractivity contribution is 1.73. The second-order valence-electron chi connectivity index (χ2n) is 4.41. The SMILES string of the molecule is S=P(c1ccccc1)(c1ccccc1)C1SCSCS1. The van der Waals surface area contributed by atoms with E-state index in [9.17, 15) is 0 Å². The van der Waals surface area contributed by atoms with E-state index in [1.54, 1.807) is 0 Å². The Labute approximate surface area is 138 Å². The number of benzene rings is 2. The maximum Gasteiger partial charge on any atom is 0.0881 e. The van der Waals surface area contributed by atoms with Gasteiger partial charge in [-0.05, 0) is 10.6 Å². The largest absolute Gasteiger partial charge is 0.140 e. The summed E-state index contributed by atoms with van der Waals surface area (Å²) in [5.41, 5.74) is 0. The Bertz CT molecular complexity index is 550. The van der Waals surface area contributed by atoms with E-state index in [1.807, 2.05) is 35.3 Å². The zero-order valence-electron chi connectivity index (χ0n) is 10.8. The van der Waals surface area contributed by atoms with Gasteiger partial charge >= 0.3 is 0 Å². The summed E-state index contributed by atoms with van der Waals surface area (Å²) in [6.45, 7) is 0. The normalized spacial score (nSPS) is 17.0. The van der Waals surface area contributed by atoms with Gasteiger partial charge in [0.25, 0.3) is 0 Å². The molecular weight excluding hydrogens is 339 g/mol. The molecule has 0 amide bonds. The van der Waals surface area contributed by atoms with Crippen molar-refractivity contribution in [1.82, 2.24) is 0 Å². The smallest absolute Gasteiger partial charge is 0.0881 e. The van der Waals surface area contributed by atoms with Crippen molar-refractivity contribution in [2.45, 2.75) is 4.32 Å². The summed E-state index contributed by atoms with van der Waals surface area (Å²) in [7, 11) is 0. The molecule has 1 heterocycles.